The van der Waals surface area contributed by atoms with E-state index in [2.05, 4.69) is 0 Å². The van der Waals surface area contributed by atoms with Gasteiger partial charge >= 0.3 is 0 Å². The fraction of sp³-hybridized carbons (Fsp3) is 0.200. The molecule has 122 valence electrons. The van der Waals surface area contributed by atoms with Crippen molar-refractivity contribution in [1.82, 2.24) is 4.31 Å². The standard InChI is InChI=1S/C15H15ClN2O4S/c1-11(12-4-3-5-14(10-12)18(19)20)17(2)23(21,22)15-8-6-13(16)7-9-15/h3-11H,1-2H3. The van der Waals surface area contributed by atoms with E-state index in [9.17, 15) is 18.5 Å². The fourth-order valence-corrected chi connectivity index (χ4v) is 3.57. The van der Waals surface area contributed by atoms with E-state index in [0.717, 1.165) is 0 Å². The Hall–Kier alpha value is -1.96. The first-order valence-corrected chi connectivity index (χ1v) is 8.53. The minimum Gasteiger partial charge on any atom is -0.258 e. The molecule has 1 atom stereocenters. The molecule has 0 fully saturated rings. The molecule has 2 rings (SSSR count). The number of nitro groups is 1. The molecule has 0 bridgehead atoms. The number of rotatable bonds is 5. The van der Waals surface area contributed by atoms with Crippen LogP contribution < -0.4 is 0 Å². The summed E-state index contributed by atoms with van der Waals surface area (Å²) in [6.45, 7) is 1.67. The van der Waals surface area contributed by atoms with Crippen LogP contribution in [0.4, 0.5) is 5.69 Å². The van der Waals surface area contributed by atoms with Crippen LogP contribution in [-0.2, 0) is 10.0 Å². The van der Waals surface area contributed by atoms with Gasteiger partial charge in [0.2, 0.25) is 10.0 Å². The Morgan fingerprint density at radius 2 is 1.78 bits per heavy atom. The molecule has 0 aromatic heterocycles. The van der Waals surface area contributed by atoms with Gasteiger partial charge in [-0.05, 0) is 36.8 Å². The second-order valence-electron chi connectivity index (χ2n) is 5.00. The van der Waals surface area contributed by atoms with E-state index in [4.69, 9.17) is 11.6 Å². The summed E-state index contributed by atoms with van der Waals surface area (Å²) >= 11 is 5.77. The van der Waals surface area contributed by atoms with E-state index in [1.807, 2.05) is 0 Å². The highest BCUT2D eigenvalue weighted by Crippen LogP contribution is 2.28. The van der Waals surface area contributed by atoms with Crippen LogP contribution >= 0.6 is 11.6 Å². The zero-order valence-electron chi connectivity index (χ0n) is 12.5. The van der Waals surface area contributed by atoms with Crippen molar-refractivity contribution in [3.63, 3.8) is 0 Å². The smallest absolute Gasteiger partial charge is 0.258 e. The van der Waals surface area contributed by atoms with Crippen LogP contribution in [0.5, 0.6) is 0 Å². The van der Waals surface area contributed by atoms with E-state index in [1.54, 1.807) is 13.0 Å². The fourth-order valence-electron chi connectivity index (χ4n) is 2.09. The van der Waals surface area contributed by atoms with Gasteiger partial charge in [0, 0.05) is 30.2 Å². The summed E-state index contributed by atoms with van der Waals surface area (Å²) < 4.78 is 26.4. The van der Waals surface area contributed by atoms with Crippen LogP contribution in [0.15, 0.2) is 53.4 Å². The van der Waals surface area contributed by atoms with Crippen molar-refractivity contribution in [3.05, 3.63) is 69.2 Å². The number of hydrogen-bond donors (Lipinski definition) is 0. The van der Waals surface area contributed by atoms with E-state index >= 15 is 0 Å². The monoisotopic (exact) mass is 354 g/mol. The predicted molar refractivity (Wildman–Crippen MR) is 87.9 cm³/mol. The molecule has 0 N–H and O–H groups in total. The molecule has 0 spiro atoms. The molecule has 0 aliphatic rings. The van der Waals surface area contributed by atoms with Gasteiger partial charge in [-0.25, -0.2) is 8.42 Å². The van der Waals surface area contributed by atoms with Gasteiger partial charge in [0.1, 0.15) is 0 Å². The summed E-state index contributed by atoms with van der Waals surface area (Å²) in [6, 6.07) is 11.2. The van der Waals surface area contributed by atoms with Gasteiger partial charge in [-0.2, -0.15) is 4.31 Å². The second kappa shape index (κ2) is 6.66. The molecule has 6 nitrogen and oxygen atoms in total. The number of nitrogens with zero attached hydrogens (tertiary/aromatic N) is 2. The summed E-state index contributed by atoms with van der Waals surface area (Å²) in [7, 11) is -2.29. The van der Waals surface area contributed by atoms with Gasteiger partial charge in [0.25, 0.3) is 5.69 Å². The third kappa shape index (κ3) is 3.69. The van der Waals surface area contributed by atoms with Gasteiger partial charge in [-0.3, -0.25) is 10.1 Å². The number of hydrogen-bond acceptors (Lipinski definition) is 4. The molecule has 1 unspecified atom stereocenters. The lowest BCUT2D eigenvalue weighted by molar-refractivity contribution is -0.384. The maximum Gasteiger partial charge on any atom is 0.269 e. The SMILES string of the molecule is CC(c1cccc([N+](=O)[O-])c1)N(C)S(=O)(=O)c1ccc(Cl)cc1. The molecule has 0 saturated carbocycles. The molecule has 0 aliphatic carbocycles. The summed E-state index contributed by atoms with van der Waals surface area (Å²) in [5.74, 6) is 0. The first-order chi connectivity index (χ1) is 10.7. The molecule has 2 aromatic carbocycles. The van der Waals surface area contributed by atoms with Crippen molar-refractivity contribution in [2.24, 2.45) is 0 Å². The number of nitro benzene ring substituents is 1. The molecule has 0 saturated heterocycles. The maximum absolute atomic E-state index is 12.6. The molecule has 0 amide bonds. The number of non-ortho nitro benzene ring substituents is 1. The molecule has 0 radical (unpaired) electrons. The van der Waals surface area contributed by atoms with E-state index in [-0.39, 0.29) is 10.6 Å². The minimum atomic E-state index is -3.73. The Balaban J connectivity index is 2.35. The normalized spacial score (nSPS) is 13.0. The lowest BCUT2D eigenvalue weighted by atomic mass is 10.1. The van der Waals surface area contributed by atoms with Crippen molar-refractivity contribution in [3.8, 4) is 0 Å². The van der Waals surface area contributed by atoms with Crippen LogP contribution in [0.1, 0.15) is 18.5 Å². The largest absolute Gasteiger partial charge is 0.269 e. The Kier molecular flexibility index (Phi) is 5.03. The van der Waals surface area contributed by atoms with Crippen molar-refractivity contribution in [2.45, 2.75) is 17.9 Å². The highest BCUT2D eigenvalue weighted by molar-refractivity contribution is 7.89. The van der Waals surface area contributed by atoms with Crippen molar-refractivity contribution >= 4 is 27.3 Å². The van der Waals surface area contributed by atoms with Crippen LogP contribution in [0.2, 0.25) is 5.02 Å². The Bertz CT molecular complexity index is 822. The van der Waals surface area contributed by atoms with Gasteiger partial charge in [0.15, 0.2) is 0 Å². The summed E-state index contributed by atoms with van der Waals surface area (Å²) in [5, 5.41) is 11.3. The van der Waals surface area contributed by atoms with E-state index < -0.39 is 21.0 Å². The zero-order valence-corrected chi connectivity index (χ0v) is 14.1. The molecule has 0 aliphatic heterocycles. The molecular formula is C15H15ClN2O4S. The predicted octanol–water partition coefficient (Wildman–Crippen LogP) is 3.63. The van der Waals surface area contributed by atoms with Crippen molar-refractivity contribution in [1.29, 1.82) is 0 Å². The topological polar surface area (TPSA) is 80.5 Å². The quantitative estimate of drug-likeness (QED) is 0.606. The minimum absolute atomic E-state index is 0.0772. The lowest BCUT2D eigenvalue weighted by Crippen LogP contribution is -2.29. The summed E-state index contributed by atoms with van der Waals surface area (Å²) in [5.41, 5.74) is 0.464. The van der Waals surface area contributed by atoms with Crippen LogP contribution in [0, 0.1) is 10.1 Å². The first kappa shape index (κ1) is 17.4. The highest BCUT2D eigenvalue weighted by atomic mass is 35.5. The first-order valence-electron chi connectivity index (χ1n) is 6.71. The highest BCUT2D eigenvalue weighted by Gasteiger charge is 2.27. The van der Waals surface area contributed by atoms with Gasteiger partial charge < -0.3 is 0 Å². The molecule has 0 heterocycles. The van der Waals surface area contributed by atoms with Crippen LogP contribution in [0.25, 0.3) is 0 Å². The molecule has 8 heteroatoms. The Morgan fingerprint density at radius 1 is 1.17 bits per heavy atom. The molecule has 23 heavy (non-hydrogen) atoms. The number of halogens is 1. The Morgan fingerprint density at radius 3 is 2.35 bits per heavy atom. The maximum atomic E-state index is 12.6. The average molecular weight is 355 g/mol. The number of benzene rings is 2. The van der Waals surface area contributed by atoms with Crippen LogP contribution in [0.3, 0.4) is 0 Å². The Labute approximate surface area is 139 Å². The third-order valence-corrected chi connectivity index (χ3v) is 5.79. The summed E-state index contributed by atoms with van der Waals surface area (Å²) in [6.07, 6.45) is 0. The molecule has 2 aromatic rings. The summed E-state index contributed by atoms with van der Waals surface area (Å²) in [4.78, 5) is 10.5. The van der Waals surface area contributed by atoms with Crippen LogP contribution in [-0.4, -0.2) is 24.7 Å². The van der Waals surface area contributed by atoms with Gasteiger partial charge in [0.05, 0.1) is 9.82 Å². The van der Waals surface area contributed by atoms with E-state index in [0.29, 0.717) is 10.6 Å². The van der Waals surface area contributed by atoms with Crippen molar-refractivity contribution in [2.75, 3.05) is 7.05 Å². The van der Waals surface area contributed by atoms with Crippen molar-refractivity contribution < 1.29 is 13.3 Å². The third-order valence-electron chi connectivity index (χ3n) is 3.60. The lowest BCUT2D eigenvalue weighted by Gasteiger charge is -2.24. The molecular weight excluding hydrogens is 340 g/mol. The average Bonchev–Trinajstić information content (AvgIpc) is 2.54. The zero-order chi connectivity index (χ0) is 17.2. The van der Waals surface area contributed by atoms with Gasteiger partial charge in [-0.1, -0.05) is 23.7 Å². The number of sulfonamides is 1. The van der Waals surface area contributed by atoms with Gasteiger partial charge in [-0.15, -0.1) is 0 Å². The van der Waals surface area contributed by atoms with E-state index in [1.165, 1.54) is 53.8 Å². The second-order valence-corrected chi connectivity index (χ2v) is 7.44.